The van der Waals surface area contributed by atoms with Crippen LogP contribution in [0.5, 0.6) is 0 Å². The molecular formula is C48H26N4O2. The van der Waals surface area contributed by atoms with Crippen LogP contribution < -0.4 is 0 Å². The molecule has 6 nitrogen and oxygen atoms in total. The molecule has 5 aromatic heterocycles. The first-order valence-electron chi connectivity index (χ1n) is 18.2. The van der Waals surface area contributed by atoms with Gasteiger partial charge in [0.25, 0.3) is 0 Å². The van der Waals surface area contributed by atoms with Gasteiger partial charge in [-0.3, -0.25) is 4.57 Å². The summed E-state index contributed by atoms with van der Waals surface area (Å²) in [5.41, 5.74) is 11.0. The van der Waals surface area contributed by atoms with Gasteiger partial charge in [0.1, 0.15) is 28.0 Å². The van der Waals surface area contributed by atoms with Gasteiger partial charge in [0.05, 0.1) is 22.1 Å². The van der Waals surface area contributed by atoms with Gasteiger partial charge >= 0.3 is 0 Å². The molecule has 54 heavy (non-hydrogen) atoms. The second-order valence-electron chi connectivity index (χ2n) is 14.1. The summed E-state index contributed by atoms with van der Waals surface area (Å²) in [5, 5.41) is 9.94. The highest BCUT2D eigenvalue weighted by Gasteiger charge is 2.26. The van der Waals surface area contributed by atoms with Crippen LogP contribution in [0.3, 0.4) is 0 Å². The van der Waals surface area contributed by atoms with E-state index in [1.54, 1.807) is 0 Å². The second-order valence-corrected chi connectivity index (χ2v) is 14.1. The largest absolute Gasteiger partial charge is 0.456 e. The van der Waals surface area contributed by atoms with E-state index in [2.05, 4.69) is 149 Å². The summed E-state index contributed by atoms with van der Waals surface area (Å²) >= 11 is 0. The van der Waals surface area contributed by atoms with E-state index in [0.717, 1.165) is 110 Å². The molecule has 6 heteroatoms. The maximum atomic E-state index is 6.72. The van der Waals surface area contributed by atoms with Crippen LogP contribution in [0.15, 0.2) is 167 Å². The first-order chi connectivity index (χ1) is 26.8. The average Bonchev–Trinajstić information content (AvgIpc) is 3.85. The van der Waals surface area contributed by atoms with Crippen molar-refractivity contribution < 1.29 is 8.83 Å². The predicted molar refractivity (Wildman–Crippen MR) is 219 cm³/mol. The van der Waals surface area contributed by atoms with Gasteiger partial charge < -0.3 is 13.4 Å². The van der Waals surface area contributed by atoms with Crippen molar-refractivity contribution in [3.63, 3.8) is 0 Å². The third kappa shape index (κ3) is 3.54. The van der Waals surface area contributed by atoms with E-state index >= 15 is 0 Å². The van der Waals surface area contributed by atoms with Gasteiger partial charge in [-0.2, -0.15) is 0 Å². The van der Waals surface area contributed by atoms with Crippen LogP contribution in [-0.2, 0) is 0 Å². The number of aromatic nitrogens is 4. The molecule has 13 aromatic rings. The van der Waals surface area contributed by atoms with Crippen molar-refractivity contribution >= 4 is 98.4 Å². The SMILES string of the molecule is c1ccc(-n2c3ccccc3c3c(-c4nc(-n5c6ccc7cccc8oc9cccc%10ccc5c(c%109)c6c78)nc5c4oc4ccccc45)cccc32)cc1. The second kappa shape index (κ2) is 10.1. The molecule has 0 amide bonds. The van der Waals surface area contributed by atoms with Crippen LogP contribution in [0.25, 0.3) is 121 Å². The molecular weight excluding hydrogens is 665 g/mol. The highest BCUT2D eigenvalue weighted by atomic mass is 16.3. The van der Waals surface area contributed by atoms with Gasteiger partial charge in [0, 0.05) is 49.0 Å². The molecule has 0 aliphatic carbocycles. The Bertz CT molecular complexity index is 3570. The zero-order valence-corrected chi connectivity index (χ0v) is 28.6. The Morgan fingerprint density at radius 3 is 1.76 bits per heavy atom. The normalized spacial score (nSPS) is 12.4. The van der Waals surface area contributed by atoms with Gasteiger partial charge in [-0.1, -0.05) is 97.1 Å². The Balaban J connectivity index is 1.21. The topological polar surface area (TPSA) is 61.9 Å². The molecule has 0 saturated heterocycles. The third-order valence-corrected chi connectivity index (χ3v) is 11.3. The van der Waals surface area contributed by atoms with Gasteiger partial charge in [-0.05, 0) is 71.4 Å². The molecule has 0 aliphatic rings. The van der Waals surface area contributed by atoms with Crippen molar-refractivity contribution in [3.8, 4) is 22.9 Å². The number of rotatable bonds is 3. The number of furan rings is 1. The third-order valence-electron chi connectivity index (χ3n) is 11.3. The molecule has 13 rings (SSSR count). The van der Waals surface area contributed by atoms with E-state index < -0.39 is 0 Å². The Kier molecular flexibility index (Phi) is 5.28. The number of hydrogen-bond acceptors (Lipinski definition) is 4. The van der Waals surface area contributed by atoms with E-state index in [-0.39, 0.29) is 0 Å². The highest BCUT2D eigenvalue weighted by molar-refractivity contribution is 6.33. The monoisotopic (exact) mass is 690 g/mol. The van der Waals surface area contributed by atoms with Crippen molar-refractivity contribution in [1.29, 1.82) is 0 Å². The number of hydrogen-bond donors (Lipinski definition) is 0. The zero-order valence-electron chi connectivity index (χ0n) is 28.6. The minimum atomic E-state index is 0.586. The molecule has 0 aliphatic heterocycles. The molecule has 250 valence electrons. The van der Waals surface area contributed by atoms with Gasteiger partial charge in [-0.15, -0.1) is 0 Å². The Morgan fingerprint density at radius 2 is 1.00 bits per heavy atom. The summed E-state index contributed by atoms with van der Waals surface area (Å²) in [6, 6.07) is 55.2. The lowest BCUT2D eigenvalue weighted by atomic mass is 10.00. The van der Waals surface area contributed by atoms with Crippen LogP contribution >= 0.6 is 0 Å². The van der Waals surface area contributed by atoms with E-state index in [9.17, 15) is 0 Å². The van der Waals surface area contributed by atoms with Gasteiger partial charge in [0.2, 0.25) is 5.95 Å². The summed E-state index contributed by atoms with van der Waals surface area (Å²) in [4.78, 5) is 11.0. The lowest BCUT2D eigenvalue weighted by Crippen LogP contribution is -2.03. The smallest absolute Gasteiger partial charge is 0.236 e. The first kappa shape index (κ1) is 28.2. The van der Waals surface area contributed by atoms with Crippen LogP contribution in [0.2, 0.25) is 0 Å². The maximum Gasteiger partial charge on any atom is 0.236 e. The quantitative estimate of drug-likeness (QED) is 0.185. The van der Waals surface area contributed by atoms with Crippen molar-refractivity contribution in [2.24, 2.45) is 0 Å². The lowest BCUT2D eigenvalue weighted by Gasteiger charge is -2.11. The Hall–Kier alpha value is -7.44. The summed E-state index contributed by atoms with van der Waals surface area (Å²) in [6.45, 7) is 0. The predicted octanol–water partition coefficient (Wildman–Crippen LogP) is 12.7. The number of benzene rings is 8. The molecule has 0 N–H and O–H groups in total. The van der Waals surface area contributed by atoms with Crippen molar-refractivity contribution in [1.82, 2.24) is 19.1 Å². The Labute approximate surface area is 306 Å². The highest BCUT2D eigenvalue weighted by Crippen LogP contribution is 2.46. The van der Waals surface area contributed by atoms with E-state index in [1.807, 2.05) is 18.2 Å². The number of nitrogens with zero attached hydrogens (tertiary/aromatic N) is 4. The van der Waals surface area contributed by atoms with Crippen LogP contribution in [-0.4, -0.2) is 19.1 Å². The first-order valence-corrected chi connectivity index (χ1v) is 18.2. The standard InChI is InChI=1S/C48H26N4O2/c1-2-13-29(14-3-1)51-33-18-6-4-15-30(33)42-32(17-10-19-34(42)51)46-47-45(31-16-5-7-20-37(31)54-47)49-48(50-46)52-35-25-23-27-11-8-21-38-40(27)43(35)44-36(52)26-24-28-12-9-22-39(53-38)41(28)44/h1-26H. The summed E-state index contributed by atoms with van der Waals surface area (Å²) in [6.07, 6.45) is 0. The zero-order chi connectivity index (χ0) is 35.1. The summed E-state index contributed by atoms with van der Waals surface area (Å²) in [5.74, 6) is 0.586. The molecule has 0 saturated carbocycles. The van der Waals surface area contributed by atoms with Crippen LogP contribution in [0, 0.1) is 0 Å². The molecule has 5 heterocycles. The maximum absolute atomic E-state index is 6.72. The number of fused-ring (bicyclic) bond motifs is 6. The van der Waals surface area contributed by atoms with E-state index in [0.29, 0.717) is 11.5 Å². The summed E-state index contributed by atoms with van der Waals surface area (Å²) < 4.78 is 18.0. The molecule has 8 aromatic carbocycles. The number of para-hydroxylation sites is 3. The van der Waals surface area contributed by atoms with Gasteiger partial charge in [0.15, 0.2) is 5.58 Å². The Morgan fingerprint density at radius 1 is 0.389 bits per heavy atom. The fraction of sp³-hybridized carbons (Fsp3) is 0. The molecule has 0 spiro atoms. The molecule has 0 radical (unpaired) electrons. The minimum Gasteiger partial charge on any atom is -0.456 e. The molecule has 0 fully saturated rings. The van der Waals surface area contributed by atoms with Crippen LogP contribution in [0.1, 0.15) is 0 Å². The van der Waals surface area contributed by atoms with E-state index in [1.165, 1.54) is 0 Å². The lowest BCUT2D eigenvalue weighted by molar-refractivity contribution is 0.664. The van der Waals surface area contributed by atoms with Crippen molar-refractivity contribution in [2.75, 3.05) is 0 Å². The van der Waals surface area contributed by atoms with Crippen LogP contribution in [0.4, 0.5) is 0 Å². The van der Waals surface area contributed by atoms with Crippen molar-refractivity contribution in [2.45, 2.75) is 0 Å². The average molecular weight is 691 g/mol. The van der Waals surface area contributed by atoms with E-state index in [4.69, 9.17) is 18.8 Å². The molecule has 0 unspecified atom stereocenters. The fourth-order valence-electron chi connectivity index (χ4n) is 9.12. The fourth-order valence-corrected chi connectivity index (χ4v) is 9.12. The summed E-state index contributed by atoms with van der Waals surface area (Å²) in [7, 11) is 0. The molecule has 0 bridgehead atoms. The van der Waals surface area contributed by atoms with Crippen molar-refractivity contribution in [3.05, 3.63) is 158 Å². The molecule has 0 atom stereocenters. The minimum absolute atomic E-state index is 0.586. The van der Waals surface area contributed by atoms with Gasteiger partial charge in [-0.25, -0.2) is 9.97 Å².